The van der Waals surface area contributed by atoms with Gasteiger partial charge in [-0.1, -0.05) is 23.9 Å². The van der Waals surface area contributed by atoms with Crippen LogP contribution in [-0.2, 0) is 11.2 Å². The standard InChI is InChI=1S/C17H17FN4O2S2/c1-10-15(26-11(2)20-10)16-21-22-17(24-16)25-9-14(23)19-8-7-12-3-5-13(18)6-4-12/h3-6H,7-9H2,1-2H3,(H,19,23). The third-order valence-corrected chi connectivity index (χ3v) is 5.36. The van der Waals surface area contributed by atoms with Gasteiger partial charge in [0.15, 0.2) is 0 Å². The molecule has 0 aliphatic rings. The van der Waals surface area contributed by atoms with Gasteiger partial charge in [0.2, 0.25) is 5.91 Å². The molecule has 0 aliphatic carbocycles. The van der Waals surface area contributed by atoms with Crippen molar-refractivity contribution >= 4 is 29.0 Å². The number of nitrogens with zero attached hydrogens (tertiary/aromatic N) is 3. The molecule has 2 aromatic heterocycles. The molecule has 0 saturated carbocycles. The summed E-state index contributed by atoms with van der Waals surface area (Å²) in [5, 5.41) is 12.1. The number of aromatic nitrogens is 3. The number of carbonyl (C=O) groups excluding carboxylic acids is 1. The smallest absolute Gasteiger partial charge is 0.277 e. The van der Waals surface area contributed by atoms with E-state index < -0.39 is 0 Å². The number of aryl methyl sites for hydroxylation is 2. The normalized spacial score (nSPS) is 10.9. The Morgan fingerprint density at radius 3 is 2.73 bits per heavy atom. The van der Waals surface area contributed by atoms with Crippen molar-refractivity contribution in [1.29, 1.82) is 0 Å². The van der Waals surface area contributed by atoms with E-state index >= 15 is 0 Å². The molecule has 0 bridgehead atoms. The van der Waals surface area contributed by atoms with E-state index in [-0.39, 0.29) is 17.5 Å². The first-order valence-electron chi connectivity index (χ1n) is 7.93. The molecule has 0 unspecified atom stereocenters. The van der Waals surface area contributed by atoms with Gasteiger partial charge in [0.25, 0.3) is 11.1 Å². The molecule has 3 aromatic rings. The van der Waals surface area contributed by atoms with E-state index in [9.17, 15) is 9.18 Å². The van der Waals surface area contributed by atoms with Crippen LogP contribution in [0.25, 0.3) is 10.8 Å². The maximum Gasteiger partial charge on any atom is 0.277 e. The maximum absolute atomic E-state index is 12.8. The topological polar surface area (TPSA) is 80.9 Å². The number of thiazole rings is 1. The molecule has 0 atom stereocenters. The van der Waals surface area contributed by atoms with E-state index in [4.69, 9.17) is 4.42 Å². The largest absolute Gasteiger partial charge is 0.410 e. The summed E-state index contributed by atoms with van der Waals surface area (Å²) in [6, 6.07) is 6.23. The molecule has 1 aromatic carbocycles. The van der Waals surface area contributed by atoms with Crippen molar-refractivity contribution in [2.45, 2.75) is 25.5 Å². The van der Waals surface area contributed by atoms with Crippen LogP contribution in [0.2, 0.25) is 0 Å². The zero-order valence-electron chi connectivity index (χ0n) is 14.3. The fourth-order valence-electron chi connectivity index (χ4n) is 2.27. The molecule has 9 heteroatoms. The molecule has 0 radical (unpaired) electrons. The molecule has 1 N–H and O–H groups in total. The van der Waals surface area contributed by atoms with E-state index in [1.807, 2.05) is 13.8 Å². The van der Waals surface area contributed by atoms with Gasteiger partial charge in [-0.3, -0.25) is 4.79 Å². The number of hydrogen-bond donors (Lipinski definition) is 1. The Balaban J connectivity index is 1.44. The highest BCUT2D eigenvalue weighted by Crippen LogP contribution is 2.30. The number of hydrogen-bond acceptors (Lipinski definition) is 7. The molecule has 0 saturated heterocycles. The summed E-state index contributed by atoms with van der Waals surface area (Å²) in [6.45, 7) is 4.30. The van der Waals surface area contributed by atoms with Gasteiger partial charge in [0.05, 0.1) is 16.5 Å². The highest BCUT2D eigenvalue weighted by molar-refractivity contribution is 7.99. The number of rotatable bonds is 7. The lowest BCUT2D eigenvalue weighted by atomic mass is 10.1. The second-order valence-corrected chi connectivity index (χ2v) is 7.67. The van der Waals surface area contributed by atoms with Crippen LogP contribution in [0.4, 0.5) is 4.39 Å². The third-order valence-electron chi connectivity index (χ3n) is 3.48. The van der Waals surface area contributed by atoms with Gasteiger partial charge in [-0.05, 0) is 38.0 Å². The summed E-state index contributed by atoms with van der Waals surface area (Å²) in [5.74, 6) is 0.219. The van der Waals surface area contributed by atoms with Gasteiger partial charge in [-0.15, -0.1) is 21.5 Å². The molecule has 136 valence electrons. The molecule has 0 aliphatic heterocycles. The Morgan fingerprint density at radius 1 is 1.27 bits per heavy atom. The summed E-state index contributed by atoms with van der Waals surface area (Å²) in [4.78, 5) is 17.1. The minimum Gasteiger partial charge on any atom is -0.410 e. The van der Waals surface area contributed by atoms with Gasteiger partial charge in [0.1, 0.15) is 10.7 Å². The number of amides is 1. The minimum absolute atomic E-state index is 0.123. The Bertz CT molecular complexity index is 893. The van der Waals surface area contributed by atoms with E-state index in [2.05, 4.69) is 20.5 Å². The van der Waals surface area contributed by atoms with Gasteiger partial charge >= 0.3 is 0 Å². The molecular formula is C17H17FN4O2S2. The Hall–Kier alpha value is -2.26. The average molecular weight is 392 g/mol. The van der Waals surface area contributed by atoms with Crippen LogP contribution in [0.5, 0.6) is 0 Å². The number of nitrogens with one attached hydrogen (secondary N) is 1. The Kier molecular flexibility index (Phi) is 6.00. The fourth-order valence-corrected chi connectivity index (χ4v) is 3.70. The molecule has 26 heavy (non-hydrogen) atoms. The number of carbonyl (C=O) groups is 1. The monoisotopic (exact) mass is 392 g/mol. The van der Waals surface area contributed by atoms with Crippen LogP contribution in [0.3, 0.4) is 0 Å². The van der Waals surface area contributed by atoms with Gasteiger partial charge in [-0.2, -0.15) is 0 Å². The zero-order chi connectivity index (χ0) is 18.5. The first kappa shape index (κ1) is 18.5. The van der Waals surface area contributed by atoms with Crippen LogP contribution in [-0.4, -0.2) is 33.4 Å². The van der Waals surface area contributed by atoms with Crippen molar-refractivity contribution in [3.05, 3.63) is 46.3 Å². The molecular weight excluding hydrogens is 375 g/mol. The summed E-state index contributed by atoms with van der Waals surface area (Å²) < 4.78 is 18.4. The minimum atomic E-state index is -0.267. The first-order chi connectivity index (χ1) is 12.5. The molecule has 6 nitrogen and oxygen atoms in total. The predicted octanol–water partition coefficient (Wildman–Crippen LogP) is 3.40. The highest BCUT2D eigenvalue weighted by Gasteiger charge is 2.15. The van der Waals surface area contributed by atoms with Crippen LogP contribution in [0, 0.1) is 19.7 Å². The van der Waals surface area contributed by atoms with E-state index in [1.165, 1.54) is 35.2 Å². The lowest BCUT2D eigenvalue weighted by molar-refractivity contribution is -0.118. The summed E-state index contributed by atoms with van der Waals surface area (Å²) in [7, 11) is 0. The van der Waals surface area contributed by atoms with Gasteiger partial charge in [-0.25, -0.2) is 9.37 Å². The maximum atomic E-state index is 12.8. The lowest BCUT2D eigenvalue weighted by Gasteiger charge is -2.04. The van der Waals surface area contributed by atoms with E-state index in [0.717, 1.165) is 21.1 Å². The molecule has 2 heterocycles. The van der Waals surface area contributed by atoms with Crippen LogP contribution in [0.15, 0.2) is 33.9 Å². The third kappa shape index (κ3) is 4.89. The molecule has 1 amide bonds. The van der Waals surface area contributed by atoms with Gasteiger partial charge in [0, 0.05) is 6.54 Å². The molecule has 3 rings (SSSR count). The van der Waals surface area contributed by atoms with E-state index in [1.54, 1.807) is 12.1 Å². The average Bonchev–Trinajstić information content (AvgIpc) is 3.20. The van der Waals surface area contributed by atoms with Crippen LogP contribution < -0.4 is 5.32 Å². The van der Waals surface area contributed by atoms with Crippen molar-refractivity contribution < 1.29 is 13.6 Å². The summed E-state index contributed by atoms with van der Waals surface area (Å²) in [6.07, 6.45) is 0.644. The van der Waals surface area contributed by atoms with Crippen molar-refractivity contribution in [2.75, 3.05) is 12.3 Å². The van der Waals surface area contributed by atoms with Crippen molar-refractivity contribution in [3.8, 4) is 10.8 Å². The zero-order valence-corrected chi connectivity index (χ0v) is 15.9. The fraction of sp³-hybridized carbons (Fsp3) is 0.294. The summed E-state index contributed by atoms with van der Waals surface area (Å²) >= 11 is 2.68. The quantitative estimate of drug-likeness (QED) is 0.621. The molecule has 0 spiro atoms. The van der Waals surface area contributed by atoms with Gasteiger partial charge < -0.3 is 9.73 Å². The van der Waals surface area contributed by atoms with Crippen LogP contribution >= 0.6 is 23.1 Å². The molecule has 0 fully saturated rings. The first-order valence-corrected chi connectivity index (χ1v) is 9.73. The number of thioether (sulfide) groups is 1. The van der Waals surface area contributed by atoms with Crippen molar-refractivity contribution in [3.63, 3.8) is 0 Å². The second-order valence-electron chi connectivity index (χ2n) is 5.54. The number of benzene rings is 1. The predicted molar refractivity (Wildman–Crippen MR) is 98.7 cm³/mol. The Labute approximate surface area is 158 Å². The van der Waals surface area contributed by atoms with Crippen molar-refractivity contribution in [1.82, 2.24) is 20.5 Å². The Morgan fingerprint density at radius 2 is 2.04 bits per heavy atom. The SMILES string of the molecule is Cc1nc(C)c(-c2nnc(SCC(=O)NCCc3ccc(F)cc3)o2)s1. The van der Waals surface area contributed by atoms with Crippen molar-refractivity contribution in [2.24, 2.45) is 0 Å². The second kappa shape index (κ2) is 8.41. The van der Waals surface area contributed by atoms with Crippen LogP contribution in [0.1, 0.15) is 16.3 Å². The summed E-state index contributed by atoms with van der Waals surface area (Å²) in [5.41, 5.74) is 1.82. The lowest BCUT2D eigenvalue weighted by Crippen LogP contribution is -2.27. The van der Waals surface area contributed by atoms with E-state index in [0.29, 0.717) is 24.1 Å². The number of halogens is 1. The highest BCUT2D eigenvalue weighted by atomic mass is 32.2.